The molecule has 0 aliphatic rings. The minimum absolute atomic E-state index is 0.0695. The number of aromatic nitrogens is 2. The highest BCUT2D eigenvalue weighted by atomic mass is 32.2. The van der Waals surface area contributed by atoms with Gasteiger partial charge in [0.2, 0.25) is 10.0 Å². The Hall–Kier alpha value is -1.97. The molecule has 0 bridgehead atoms. The third-order valence-electron chi connectivity index (χ3n) is 2.31. The van der Waals surface area contributed by atoms with Gasteiger partial charge >= 0.3 is 5.97 Å². The minimum atomic E-state index is -3.58. The van der Waals surface area contributed by atoms with Gasteiger partial charge in [-0.2, -0.15) is 5.10 Å². The fraction of sp³-hybridized carbons (Fsp3) is 0.0909. The molecule has 20 heavy (non-hydrogen) atoms. The number of carboxylic acids is 1. The summed E-state index contributed by atoms with van der Waals surface area (Å²) in [5.41, 5.74) is 0.718. The van der Waals surface area contributed by atoms with Crippen LogP contribution in [0.4, 0.5) is 0 Å². The van der Waals surface area contributed by atoms with Crippen molar-refractivity contribution in [3.05, 3.63) is 40.4 Å². The first-order valence-electron chi connectivity index (χ1n) is 5.44. The van der Waals surface area contributed by atoms with Gasteiger partial charge < -0.3 is 5.11 Å². The predicted molar refractivity (Wildman–Crippen MR) is 73.6 cm³/mol. The first-order valence-corrected chi connectivity index (χ1v) is 7.80. The molecule has 0 fully saturated rings. The second-order valence-corrected chi connectivity index (χ2v) is 6.54. The van der Waals surface area contributed by atoms with E-state index in [1.54, 1.807) is 11.4 Å². The normalized spacial score (nSPS) is 12.0. The van der Waals surface area contributed by atoms with Crippen molar-refractivity contribution in [2.45, 2.75) is 11.4 Å². The van der Waals surface area contributed by atoms with Crippen molar-refractivity contribution >= 4 is 33.4 Å². The number of aromatic amines is 1. The molecule has 0 aromatic carbocycles. The van der Waals surface area contributed by atoms with Crippen molar-refractivity contribution in [3.8, 4) is 0 Å². The van der Waals surface area contributed by atoms with Crippen molar-refractivity contribution in [2.24, 2.45) is 0 Å². The molecule has 0 saturated heterocycles. The van der Waals surface area contributed by atoms with Crippen molar-refractivity contribution in [1.82, 2.24) is 14.9 Å². The molecule has 2 rings (SSSR count). The SMILES string of the molecule is O=C(O)C=Cc1csc(CNS(=O)(=O)c2cn[nH]c2)c1. The van der Waals surface area contributed by atoms with E-state index in [-0.39, 0.29) is 11.4 Å². The van der Waals surface area contributed by atoms with E-state index in [1.807, 2.05) is 0 Å². The number of hydrogen-bond donors (Lipinski definition) is 3. The summed E-state index contributed by atoms with van der Waals surface area (Å²) >= 11 is 1.34. The predicted octanol–water partition coefficient (Wildman–Crippen LogP) is 1.05. The Bertz CT molecular complexity index is 717. The van der Waals surface area contributed by atoms with Crippen molar-refractivity contribution < 1.29 is 18.3 Å². The average Bonchev–Trinajstić information content (AvgIpc) is 3.06. The van der Waals surface area contributed by atoms with Crippen LogP contribution in [0.3, 0.4) is 0 Å². The number of sulfonamides is 1. The van der Waals surface area contributed by atoms with Crippen LogP contribution in [-0.2, 0) is 21.4 Å². The molecule has 9 heteroatoms. The maximum absolute atomic E-state index is 11.8. The third kappa shape index (κ3) is 3.76. The van der Waals surface area contributed by atoms with Crippen LogP contribution in [0.5, 0.6) is 0 Å². The van der Waals surface area contributed by atoms with Crippen LogP contribution < -0.4 is 4.72 Å². The molecule has 0 atom stereocenters. The standard InChI is InChI=1S/C11H11N3O4S2/c15-11(16)2-1-8-3-9(19-7-8)4-14-20(17,18)10-5-12-13-6-10/h1-3,5-7,14H,4H2,(H,12,13)(H,15,16). The molecule has 0 aliphatic heterocycles. The van der Waals surface area contributed by atoms with Crippen molar-refractivity contribution in [2.75, 3.05) is 0 Å². The Kier molecular flexibility index (Phi) is 4.32. The van der Waals surface area contributed by atoms with Gasteiger partial charge in [0.25, 0.3) is 0 Å². The fourth-order valence-electron chi connectivity index (χ4n) is 1.38. The monoisotopic (exact) mass is 313 g/mol. The third-order valence-corrected chi connectivity index (χ3v) is 4.64. The molecule has 2 heterocycles. The number of nitrogens with one attached hydrogen (secondary N) is 2. The molecular weight excluding hydrogens is 302 g/mol. The highest BCUT2D eigenvalue weighted by Crippen LogP contribution is 2.16. The average molecular weight is 313 g/mol. The van der Waals surface area contributed by atoms with Crippen LogP contribution in [0.2, 0.25) is 0 Å². The van der Waals surface area contributed by atoms with Gasteiger partial charge in [-0.25, -0.2) is 17.9 Å². The second kappa shape index (κ2) is 5.99. The lowest BCUT2D eigenvalue weighted by Crippen LogP contribution is -2.22. The highest BCUT2D eigenvalue weighted by Gasteiger charge is 2.14. The fourth-order valence-corrected chi connectivity index (χ4v) is 3.18. The lowest BCUT2D eigenvalue weighted by atomic mass is 10.3. The molecule has 106 valence electrons. The topological polar surface area (TPSA) is 112 Å². The molecule has 0 amide bonds. The largest absolute Gasteiger partial charge is 0.478 e. The first kappa shape index (κ1) is 14.4. The Morgan fingerprint density at radius 2 is 2.35 bits per heavy atom. The van der Waals surface area contributed by atoms with E-state index in [1.165, 1.54) is 29.8 Å². The maximum atomic E-state index is 11.8. The van der Waals surface area contributed by atoms with Crippen molar-refractivity contribution in [1.29, 1.82) is 0 Å². The quantitative estimate of drug-likeness (QED) is 0.690. The van der Waals surface area contributed by atoms with E-state index < -0.39 is 16.0 Å². The number of rotatable bonds is 6. The van der Waals surface area contributed by atoms with Gasteiger partial charge in [0, 0.05) is 23.7 Å². The van der Waals surface area contributed by atoms with Gasteiger partial charge in [0.1, 0.15) is 4.90 Å². The second-order valence-electron chi connectivity index (χ2n) is 3.78. The van der Waals surface area contributed by atoms with E-state index in [0.29, 0.717) is 0 Å². The summed E-state index contributed by atoms with van der Waals surface area (Å²) in [6.07, 6.45) is 4.99. The number of hydrogen-bond acceptors (Lipinski definition) is 5. The van der Waals surface area contributed by atoms with E-state index >= 15 is 0 Å². The van der Waals surface area contributed by atoms with Gasteiger partial charge in [0.05, 0.1) is 6.20 Å². The van der Waals surface area contributed by atoms with Gasteiger partial charge in [0.15, 0.2) is 0 Å². The lowest BCUT2D eigenvalue weighted by molar-refractivity contribution is -0.131. The molecule has 0 unspecified atom stereocenters. The smallest absolute Gasteiger partial charge is 0.328 e. The Labute approximate surface area is 119 Å². The number of H-pyrrole nitrogens is 1. The summed E-state index contributed by atoms with van der Waals surface area (Å²) in [6, 6.07) is 1.72. The zero-order valence-electron chi connectivity index (χ0n) is 10.1. The van der Waals surface area contributed by atoms with Crippen LogP contribution in [0.15, 0.2) is 34.8 Å². The maximum Gasteiger partial charge on any atom is 0.328 e. The molecular formula is C11H11N3O4S2. The summed E-state index contributed by atoms with van der Waals surface area (Å²) < 4.78 is 26.1. The van der Waals surface area contributed by atoms with E-state index in [0.717, 1.165) is 16.5 Å². The van der Waals surface area contributed by atoms with E-state index in [9.17, 15) is 13.2 Å². The molecule has 0 radical (unpaired) electrons. The molecule has 2 aromatic rings. The van der Waals surface area contributed by atoms with Crippen LogP contribution in [0.25, 0.3) is 6.08 Å². The van der Waals surface area contributed by atoms with E-state index in [4.69, 9.17) is 5.11 Å². The molecule has 0 aliphatic carbocycles. The Balaban J connectivity index is 2.00. The number of nitrogens with zero attached hydrogens (tertiary/aromatic N) is 1. The minimum Gasteiger partial charge on any atom is -0.478 e. The summed E-state index contributed by atoms with van der Waals surface area (Å²) in [4.78, 5) is 11.2. The zero-order chi connectivity index (χ0) is 14.6. The highest BCUT2D eigenvalue weighted by molar-refractivity contribution is 7.89. The van der Waals surface area contributed by atoms with E-state index in [2.05, 4.69) is 14.9 Å². The molecule has 2 aromatic heterocycles. The summed E-state index contributed by atoms with van der Waals surface area (Å²) in [5.74, 6) is -1.03. The number of thiophene rings is 1. The molecule has 0 saturated carbocycles. The van der Waals surface area contributed by atoms with Crippen LogP contribution >= 0.6 is 11.3 Å². The summed E-state index contributed by atoms with van der Waals surface area (Å²) in [5, 5.41) is 16.3. The van der Waals surface area contributed by atoms with Crippen molar-refractivity contribution in [3.63, 3.8) is 0 Å². The van der Waals surface area contributed by atoms with Gasteiger partial charge in [-0.15, -0.1) is 11.3 Å². The Morgan fingerprint density at radius 1 is 1.55 bits per heavy atom. The molecule has 0 spiro atoms. The van der Waals surface area contributed by atoms with Gasteiger partial charge in [-0.05, 0) is 23.1 Å². The van der Waals surface area contributed by atoms with Crippen LogP contribution in [0, 0.1) is 0 Å². The Morgan fingerprint density at radius 3 is 3.00 bits per heavy atom. The number of aliphatic carboxylic acids is 1. The summed E-state index contributed by atoms with van der Waals surface area (Å²) in [6.45, 7) is 0.138. The first-order chi connectivity index (χ1) is 9.47. The van der Waals surface area contributed by atoms with Gasteiger partial charge in [-0.3, -0.25) is 5.10 Å². The summed E-state index contributed by atoms with van der Waals surface area (Å²) in [7, 11) is -3.58. The lowest BCUT2D eigenvalue weighted by Gasteiger charge is -2.01. The number of carbonyl (C=O) groups is 1. The zero-order valence-corrected chi connectivity index (χ0v) is 11.7. The van der Waals surface area contributed by atoms with Crippen LogP contribution in [-0.4, -0.2) is 29.7 Å². The molecule has 3 N–H and O–H groups in total. The molecule has 7 nitrogen and oxygen atoms in total. The van der Waals surface area contributed by atoms with Crippen LogP contribution in [0.1, 0.15) is 10.4 Å². The van der Waals surface area contributed by atoms with Gasteiger partial charge in [-0.1, -0.05) is 0 Å². The number of carboxylic acid groups (broad SMARTS) is 1.